The number of amides is 2. The molecule has 96 valence electrons. The summed E-state index contributed by atoms with van der Waals surface area (Å²) in [5.41, 5.74) is -0.0985. The fourth-order valence-electron chi connectivity index (χ4n) is 2.98. The minimum atomic E-state index is -0.0985. The van der Waals surface area contributed by atoms with E-state index in [1.165, 1.54) is 4.90 Å². The number of fused-ring (bicyclic) bond motifs is 1. The fourth-order valence-corrected chi connectivity index (χ4v) is 3.08. The molecule has 2 aliphatic rings. The Balaban J connectivity index is 2.12. The third kappa shape index (κ3) is 2.24. The first kappa shape index (κ1) is 12.9. The van der Waals surface area contributed by atoms with E-state index in [4.69, 9.17) is 0 Å². The predicted molar refractivity (Wildman–Crippen MR) is 69.7 cm³/mol. The van der Waals surface area contributed by atoms with Crippen molar-refractivity contribution < 1.29 is 9.59 Å². The number of nitrogens with zero attached hydrogens (tertiary/aromatic N) is 1. The molecule has 1 saturated heterocycles. The van der Waals surface area contributed by atoms with Gasteiger partial charge in [-0.05, 0) is 29.9 Å². The van der Waals surface area contributed by atoms with Crippen molar-refractivity contribution in [3.8, 4) is 0 Å². The Hall–Kier alpha value is -0.510. The van der Waals surface area contributed by atoms with Crippen LogP contribution in [0.5, 0.6) is 0 Å². The number of carbonyl (C=O) groups excluding carboxylic acids is 2. The SMILES string of the molecule is CC1CC2C(=O)N(CC(C)(C)CS)C(=O)C2C1. The molecule has 4 heteroatoms. The van der Waals surface area contributed by atoms with Gasteiger partial charge in [-0.15, -0.1) is 0 Å². The van der Waals surface area contributed by atoms with Gasteiger partial charge >= 0.3 is 0 Å². The zero-order chi connectivity index (χ0) is 12.8. The van der Waals surface area contributed by atoms with Gasteiger partial charge in [-0.3, -0.25) is 14.5 Å². The molecule has 1 heterocycles. The average molecular weight is 255 g/mol. The van der Waals surface area contributed by atoms with Crippen LogP contribution in [-0.2, 0) is 9.59 Å². The van der Waals surface area contributed by atoms with E-state index >= 15 is 0 Å². The monoisotopic (exact) mass is 255 g/mol. The normalized spacial score (nSPS) is 33.4. The minimum Gasteiger partial charge on any atom is -0.282 e. The summed E-state index contributed by atoms with van der Waals surface area (Å²) in [6.45, 7) is 6.71. The zero-order valence-electron chi connectivity index (χ0n) is 10.8. The van der Waals surface area contributed by atoms with Crippen molar-refractivity contribution >= 4 is 24.4 Å². The highest BCUT2D eigenvalue weighted by atomic mass is 32.1. The fraction of sp³-hybridized carbons (Fsp3) is 0.846. The number of hydrogen-bond acceptors (Lipinski definition) is 3. The Morgan fingerprint density at radius 3 is 2.12 bits per heavy atom. The van der Waals surface area contributed by atoms with E-state index in [0.717, 1.165) is 12.8 Å². The maximum Gasteiger partial charge on any atom is 0.233 e. The van der Waals surface area contributed by atoms with Crippen molar-refractivity contribution in [3.63, 3.8) is 0 Å². The van der Waals surface area contributed by atoms with Crippen LogP contribution in [0.1, 0.15) is 33.6 Å². The first-order valence-corrected chi connectivity index (χ1v) is 6.95. The molecule has 2 fully saturated rings. The molecule has 0 N–H and O–H groups in total. The molecule has 3 nitrogen and oxygen atoms in total. The van der Waals surface area contributed by atoms with Gasteiger partial charge in [-0.25, -0.2) is 0 Å². The Morgan fingerprint density at radius 1 is 1.24 bits per heavy atom. The zero-order valence-corrected chi connectivity index (χ0v) is 11.7. The quantitative estimate of drug-likeness (QED) is 0.618. The maximum atomic E-state index is 12.2. The highest BCUT2D eigenvalue weighted by molar-refractivity contribution is 7.80. The van der Waals surface area contributed by atoms with E-state index < -0.39 is 0 Å². The molecule has 0 radical (unpaired) electrons. The molecule has 2 atom stereocenters. The number of likely N-dealkylation sites (tertiary alicyclic amines) is 1. The minimum absolute atomic E-state index is 0.0341. The summed E-state index contributed by atoms with van der Waals surface area (Å²) in [6, 6.07) is 0. The van der Waals surface area contributed by atoms with Crippen molar-refractivity contribution in [1.29, 1.82) is 0 Å². The van der Waals surface area contributed by atoms with E-state index in [1.807, 2.05) is 13.8 Å². The van der Waals surface area contributed by atoms with Gasteiger partial charge in [0.25, 0.3) is 0 Å². The molecule has 17 heavy (non-hydrogen) atoms. The first-order chi connectivity index (χ1) is 7.85. The van der Waals surface area contributed by atoms with E-state index in [2.05, 4.69) is 19.6 Å². The van der Waals surface area contributed by atoms with E-state index in [-0.39, 0.29) is 29.1 Å². The van der Waals surface area contributed by atoms with Crippen LogP contribution < -0.4 is 0 Å². The molecule has 0 aromatic carbocycles. The van der Waals surface area contributed by atoms with Crippen molar-refractivity contribution in [1.82, 2.24) is 4.90 Å². The van der Waals surface area contributed by atoms with Crippen LogP contribution >= 0.6 is 12.6 Å². The highest BCUT2D eigenvalue weighted by Gasteiger charge is 2.52. The average Bonchev–Trinajstić information content (AvgIpc) is 2.73. The molecular weight excluding hydrogens is 234 g/mol. The van der Waals surface area contributed by atoms with Crippen LogP contribution in [0.25, 0.3) is 0 Å². The molecule has 0 aromatic rings. The molecule has 1 saturated carbocycles. The van der Waals surface area contributed by atoms with Gasteiger partial charge in [0, 0.05) is 6.54 Å². The van der Waals surface area contributed by atoms with Gasteiger partial charge in [0.2, 0.25) is 11.8 Å². The number of thiol groups is 1. The van der Waals surface area contributed by atoms with Crippen LogP contribution in [-0.4, -0.2) is 29.0 Å². The lowest BCUT2D eigenvalue weighted by atomic mass is 9.95. The molecule has 0 aromatic heterocycles. The van der Waals surface area contributed by atoms with E-state index in [1.54, 1.807) is 0 Å². The summed E-state index contributed by atoms with van der Waals surface area (Å²) in [4.78, 5) is 25.9. The van der Waals surface area contributed by atoms with Gasteiger partial charge in [-0.1, -0.05) is 20.8 Å². The lowest BCUT2D eigenvalue weighted by Crippen LogP contribution is -2.40. The van der Waals surface area contributed by atoms with Crippen LogP contribution in [0.15, 0.2) is 0 Å². The predicted octanol–water partition coefficient (Wildman–Crippen LogP) is 1.97. The van der Waals surface area contributed by atoms with Gasteiger partial charge in [0.15, 0.2) is 0 Å². The smallest absolute Gasteiger partial charge is 0.233 e. The Kier molecular flexibility index (Phi) is 3.27. The van der Waals surface area contributed by atoms with Crippen LogP contribution in [0.3, 0.4) is 0 Å². The number of imide groups is 1. The third-order valence-electron chi connectivity index (χ3n) is 3.98. The first-order valence-electron chi connectivity index (χ1n) is 6.32. The summed E-state index contributed by atoms with van der Waals surface area (Å²) in [5.74, 6) is 1.23. The summed E-state index contributed by atoms with van der Waals surface area (Å²) >= 11 is 4.28. The maximum absolute atomic E-state index is 12.2. The van der Waals surface area contributed by atoms with Gasteiger partial charge in [0.05, 0.1) is 11.8 Å². The Bertz CT molecular complexity index is 329. The Labute approximate surface area is 108 Å². The molecule has 1 aliphatic carbocycles. The second-order valence-corrected chi connectivity index (χ2v) is 6.69. The second-order valence-electron chi connectivity index (χ2n) is 6.37. The van der Waals surface area contributed by atoms with Crippen LogP contribution in [0.4, 0.5) is 0 Å². The van der Waals surface area contributed by atoms with E-state index in [9.17, 15) is 9.59 Å². The summed E-state index contributed by atoms with van der Waals surface area (Å²) in [7, 11) is 0. The lowest BCUT2D eigenvalue weighted by molar-refractivity contribution is -0.141. The van der Waals surface area contributed by atoms with Crippen molar-refractivity contribution in [2.75, 3.05) is 12.3 Å². The van der Waals surface area contributed by atoms with Crippen LogP contribution in [0, 0.1) is 23.2 Å². The van der Waals surface area contributed by atoms with Crippen molar-refractivity contribution in [3.05, 3.63) is 0 Å². The van der Waals surface area contributed by atoms with Gasteiger partial charge in [-0.2, -0.15) is 12.6 Å². The molecule has 0 bridgehead atoms. The molecule has 2 rings (SSSR count). The van der Waals surface area contributed by atoms with E-state index in [0.29, 0.717) is 18.2 Å². The molecule has 2 amide bonds. The standard InChI is InChI=1S/C13H21NO2S/c1-8-4-9-10(5-8)12(16)14(11(9)15)6-13(2,3)7-17/h8-10,17H,4-7H2,1-3H3. The van der Waals surface area contributed by atoms with Crippen LogP contribution in [0.2, 0.25) is 0 Å². The largest absolute Gasteiger partial charge is 0.282 e. The summed E-state index contributed by atoms with van der Waals surface area (Å²) < 4.78 is 0. The summed E-state index contributed by atoms with van der Waals surface area (Å²) in [5, 5.41) is 0. The van der Waals surface area contributed by atoms with Gasteiger partial charge in [0.1, 0.15) is 0 Å². The highest BCUT2D eigenvalue weighted by Crippen LogP contribution is 2.43. The third-order valence-corrected chi connectivity index (χ3v) is 4.84. The Morgan fingerprint density at radius 2 is 1.71 bits per heavy atom. The second kappa shape index (κ2) is 4.30. The number of rotatable bonds is 3. The van der Waals surface area contributed by atoms with Gasteiger partial charge < -0.3 is 0 Å². The molecule has 2 unspecified atom stereocenters. The van der Waals surface area contributed by atoms with Crippen molar-refractivity contribution in [2.45, 2.75) is 33.6 Å². The molecule has 1 aliphatic heterocycles. The summed E-state index contributed by atoms with van der Waals surface area (Å²) in [6.07, 6.45) is 1.76. The molecule has 0 spiro atoms. The number of carbonyl (C=O) groups is 2. The van der Waals surface area contributed by atoms with Crippen molar-refractivity contribution in [2.24, 2.45) is 23.2 Å². The topological polar surface area (TPSA) is 37.4 Å². The molecular formula is C13H21NO2S. The number of hydrogen-bond donors (Lipinski definition) is 1. The lowest BCUT2D eigenvalue weighted by Gasteiger charge is -2.28.